The van der Waals surface area contributed by atoms with E-state index in [0.29, 0.717) is 12.0 Å². The highest BCUT2D eigenvalue weighted by Gasteiger charge is 2.22. The Morgan fingerprint density at radius 2 is 1.95 bits per heavy atom. The van der Waals surface area contributed by atoms with Gasteiger partial charge in [0.25, 0.3) is 0 Å². The van der Waals surface area contributed by atoms with Crippen molar-refractivity contribution in [3.8, 4) is 0 Å². The van der Waals surface area contributed by atoms with E-state index < -0.39 is 0 Å². The van der Waals surface area contributed by atoms with Crippen molar-refractivity contribution in [2.45, 2.75) is 25.8 Å². The lowest BCUT2D eigenvalue weighted by atomic mass is 9.96. The molecule has 3 heteroatoms. The average Bonchev–Trinajstić information content (AvgIpc) is 2.96. The predicted molar refractivity (Wildman–Crippen MR) is 90.9 cm³/mol. The molecule has 1 aromatic carbocycles. The molecular weight excluding hydrogens is 276 g/mol. The van der Waals surface area contributed by atoms with Gasteiger partial charge in [0.2, 0.25) is 0 Å². The van der Waals surface area contributed by atoms with Gasteiger partial charge in [-0.1, -0.05) is 38.1 Å². The first-order valence-corrected chi connectivity index (χ1v) is 8.24. The largest absolute Gasteiger partial charge is 0.309 e. The molecule has 21 heavy (non-hydrogen) atoms. The van der Waals surface area contributed by atoms with Gasteiger partial charge in [0, 0.05) is 33.4 Å². The van der Waals surface area contributed by atoms with Gasteiger partial charge >= 0.3 is 0 Å². The second-order valence-electron chi connectivity index (χ2n) is 5.27. The van der Waals surface area contributed by atoms with E-state index in [-0.39, 0.29) is 0 Å². The minimum absolute atomic E-state index is 0.308. The molecule has 2 nitrogen and oxygen atoms in total. The number of hydrogen-bond acceptors (Lipinski definition) is 3. The van der Waals surface area contributed by atoms with Crippen LogP contribution >= 0.6 is 11.3 Å². The molecule has 0 aliphatic heterocycles. The Labute approximate surface area is 129 Å². The van der Waals surface area contributed by atoms with Gasteiger partial charge in [0.05, 0.1) is 0 Å². The van der Waals surface area contributed by atoms with Crippen LogP contribution in [0.25, 0.3) is 10.1 Å². The van der Waals surface area contributed by atoms with Crippen molar-refractivity contribution in [3.63, 3.8) is 0 Å². The van der Waals surface area contributed by atoms with Crippen LogP contribution in [0, 0.1) is 0 Å². The molecule has 3 rings (SSSR count). The maximum absolute atomic E-state index is 4.53. The SMILES string of the molecule is CCNC(c1cc2ccccc2s1)C(C)c1ccccn1. The van der Waals surface area contributed by atoms with E-state index in [1.165, 1.54) is 15.0 Å². The second kappa shape index (κ2) is 6.37. The predicted octanol–water partition coefficient (Wildman–Crippen LogP) is 4.75. The molecule has 0 radical (unpaired) electrons. The summed E-state index contributed by atoms with van der Waals surface area (Å²) in [6.45, 7) is 5.36. The van der Waals surface area contributed by atoms with E-state index >= 15 is 0 Å². The highest BCUT2D eigenvalue weighted by atomic mass is 32.1. The number of likely N-dealkylation sites (N-methyl/N-ethyl adjacent to an activating group) is 1. The van der Waals surface area contributed by atoms with Gasteiger partial charge in [-0.15, -0.1) is 11.3 Å². The summed E-state index contributed by atoms with van der Waals surface area (Å²) in [4.78, 5) is 5.91. The van der Waals surface area contributed by atoms with Gasteiger partial charge in [-0.3, -0.25) is 4.98 Å². The highest BCUT2D eigenvalue weighted by molar-refractivity contribution is 7.19. The third kappa shape index (κ3) is 2.99. The van der Waals surface area contributed by atoms with Crippen LogP contribution in [-0.2, 0) is 0 Å². The summed E-state index contributed by atoms with van der Waals surface area (Å²) < 4.78 is 1.35. The lowest BCUT2D eigenvalue weighted by molar-refractivity contribution is 0.479. The Morgan fingerprint density at radius 1 is 1.14 bits per heavy atom. The number of nitrogens with one attached hydrogen (secondary N) is 1. The van der Waals surface area contributed by atoms with Gasteiger partial charge in [0.15, 0.2) is 0 Å². The van der Waals surface area contributed by atoms with Crippen LogP contribution in [0.5, 0.6) is 0 Å². The standard InChI is InChI=1S/C18H20N2S/c1-3-19-18(13(2)15-9-6-7-11-20-15)17-12-14-8-4-5-10-16(14)21-17/h4-13,18-19H,3H2,1-2H3. The zero-order valence-electron chi connectivity index (χ0n) is 12.4. The summed E-state index contributed by atoms with van der Waals surface area (Å²) in [7, 11) is 0. The first kappa shape index (κ1) is 14.2. The number of thiophene rings is 1. The van der Waals surface area contributed by atoms with Crippen LogP contribution < -0.4 is 5.32 Å². The van der Waals surface area contributed by atoms with E-state index in [1.807, 2.05) is 23.6 Å². The quantitative estimate of drug-likeness (QED) is 0.735. The fraction of sp³-hybridized carbons (Fsp3) is 0.278. The zero-order valence-corrected chi connectivity index (χ0v) is 13.2. The third-order valence-corrected chi connectivity index (χ3v) is 5.03. The maximum Gasteiger partial charge on any atom is 0.0497 e. The van der Waals surface area contributed by atoms with Crippen LogP contribution in [0.15, 0.2) is 54.7 Å². The molecule has 1 N–H and O–H groups in total. The molecule has 0 saturated heterocycles. The van der Waals surface area contributed by atoms with Gasteiger partial charge in [0.1, 0.15) is 0 Å². The highest BCUT2D eigenvalue weighted by Crippen LogP contribution is 2.36. The number of rotatable bonds is 5. The van der Waals surface area contributed by atoms with Gasteiger partial charge in [-0.2, -0.15) is 0 Å². The van der Waals surface area contributed by atoms with Crippen LogP contribution in [0.1, 0.15) is 36.4 Å². The Bertz CT molecular complexity index is 672. The van der Waals surface area contributed by atoms with Crippen molar-refractivity contribution in [3.05, 3.63) is 65.3 Å². The van der Waals surface area contributed by atoms with Crippen LogP contribution in [0.4, 0.5) is 0 Å². The van der Waals surface area contributed by atoms with Crippen molar-refractivity contribution in [1.29, 1.82) is 0 Å². The summed E-state index contributed by atoms with van der Waals surface area (Å²) >= 11 is 1.88. The van der Waals surface area contributed by atoms with Crippen molar-refractivity contribution >= 4 is 21.4 Å². The Hall–Kier alpha value is -1.71. The summed E-state index contributed by atoms with van der Waals surface area (Å²) in [5.74, 6) is 0.346. The number of pyridine rings is 1. The topological polar surface area (TPSA) is 24.9 Å². The van der Waals surface area contributed by atoms with Crippen LogP contribution in [0.3, 0.4) is 0 Å². The minimum Gasteiger partial charge on any atom is -0.309 e. The summed E-state index contributed by atoms with van der Waals surface area (Å²) in [5.41, 5.74) is 1.14. The van der Waals surface area contributed by atoms with Crippen molar-refractivity contribution in [2.75, 3.05) is 6.54 Å². The van der Waals surface area contributed by atoms with Crippen molar-refractivity contribution < 1.29 is 0 Å². The molecule has 0 amide bonds. The smallest absolute Gasteiger partial charge is 0.0497 e. The minimum atomic E-state index is 0.308. The number of aromatic nitrogens is 1. The number of hydrogen-bond donors (Lipinski definition) is 1. The fourth-order valence-corrected chi connectivity index (χ4v) is 3.96. The van der Waals surface area contributed by atoms with Gasteiger partial charge < -0.3 is 5.32 Å². The second-order valence-corrected chi connectivity index (χ2v) is 6.38. The first-order chi connectivity index (χ1) is 10.3. The lowest BCUT2D eigenvalue weighted by Gasteiger charge is -2.23. The van der Waals surface area contributed by atoms with Gasteiger partial charge in [-0.25, -0.2) is 0 Å². The number of nitrogens with zero attached hydrogens (tertiary/aromatic N) is 1. The third-order valence-electron chi connectivity index (χ3n) is 3.83. The molecule has 2 unspecified atom stereocenters. The summed E-state index contributed by atoms with van der Waals surface area (Å²) in [5, 5.41) is 4.96. The summed E-state index contributed by atoms with van der Waals surface area (Å²) in [6.07, 6.45) is 1.87. The van der Waals surface area contributed by atoms with Crippen molar-refractivity contribution in [2.24, 2.45) is 0 Å². The molecule has 0 spiro atoms. The molecule has 0 bridgehead atoms. The van der Waals surface area contributed by atoms with Crippen molar-refractivity contribution in [1.82, 2.24) is 10.3 Å². The molecule has 0 fully saturated rings. The first-order valence-electron chi connectivity index (χ1n) is 7.42. The Balaban J connectivity index is 1.97. The normalized spacial score (nSPS) is 14.2. The Kier molecular flexibility index (Phi) is 4.32. The molecule has 3 aromatic rings. The maximum atomic E-state index is 4.53. The zero-order chi connectivity index (χ0) is 14.7. The molecule has 2 aromatic heterocycles. The molecular formula is C18H20N2S. The van der Waals surface area contributed by atoms with E-state index in [9.17, 15) is 0 Å². The van der Waals surface area contributed by atoms with E-state index in [2.05, 4.69) is 66.6 Å². The Morgan fingerprint density at radius 3 is 2.67 bits per heavy atom. The molecule has 0 aliphatic rings. The van der Waals surface area contributed by atoms with E-state index in [0.717, 1.165) is 12.2 Å². The van der Waals surface area contributed by atoms with Crippen LogP contribution in [0.2, 0.25) is 0 Å². The average molecular weight is 296 g/mol. The van der Waals surface area contributed by atoms with E-state index in [4.69, 9.17) is 0 Å². The van der Waals surface area contributed by atoms with Crippen LogP contribution in [-0.4, -0.2) is 11.5 Å². The monoisotopic (exact) mass is 296 g/mol. The lowest BCUT2D eigenvalue weighted by Crippen LogP contribution is -2.25. The number of benzene rings is 1. The molecule has 0 saturated carbocycles. The molecule has 108 valence electrons. The molecule has 2 atom stereocenters. The number of fused-ring (bicyclic) bond motifs is 1. The summed E-state index contributed by atoms with van der Waals surface area (Å²) in [6, 6.07) is 17.3. The van der Waals surface area contributed by atoms with E-state index in [1.54, 1.807) is 0 Å². The fourth-order valence-electron chi connectivity index (χ4n) is 2.72. The van der Waals surface area contributed by atoms with Gasteiger partial charge in [-0.05, 0) is 36.2 Å². The molecule has 0 aliphatic carbocycles. The molecule has 2 heterocycles.